The predicted molar refractivity (Wildman–Crippen MR) is 131 cm³/mol. The Morgan fingerprint density at radius 1 is 1.15 bits per heavy atom. The maximum Gasteiger partial charge on any atom is 0.256 e. The highest BCUT2D eigenvalue weighted by Crippen LogP contribution is 2.35. The van der Waals surface area contributed by atoms with Crippen LogP contribution in [0.15, 0.2) is 30.6 Å². The van der Waals surface area contributed by atoms with Gasteiger partial charge in [0.25, 0.3) is 5.78 Å². The number of likely N-dealkylation sites (tertiary alicyclic amines) is 1. The largest absolute Gasteiger partial charge is 0.395 e. The first-order valence-electron chi connectivity index (χ1n) is 11.5. The molecule has 0 radical (unpaired) electrons. The van der Waals surface area contributed by atoms with E-state index in [9.17, 15) is 0 Å². The minimum Gasteiger partial charge on any atom is -0.395 e. The third-order valence-corrected chi connectivity index (χ3v) is 7.54. The number of β-amino-alcohol motifs (C(OH)–C–C–N with tert-alkyl or cyclic N) is 1. The van der Waals surface area contributed by atoms with E-state index in [1.54, 1.807) is 10.6 Å². The summed E-state index contributed by atoms with van der Waals surface area (Å²) in [5.41, 5.74) is 0.962. The van der Waals surface area contributed by atoms with Gasteiger partial charge in [-0.1, -0.05) is 29.3 Å². The number of hydrogen-bond acceptors (Lipinski definition) is 7. The summed E-state index contributed by atoms with van der Waals surface area (Å²) < 4.78 is 1.72. The fourth-order valence-electron chi connectivity index (χ4n) is 5.00. The molecule has 2 aliphatic heterocycles. The summed E-state index contributed by atoms with van der Waals surface area (Å²) in [6.07, 6.45) is 3.94. The van der Waals surface area contributed by atoms with Crippen LogP contribution in [0.4, 0.5) is 11.6 Å². The molecule has 2 N–H and O–H groups in total. The number of halogens is 2. The summed E-state index contributed by atoms with van der Waals surface area (Å²) in [7, 11) is 0. The van der Waals surface area contributed by atoms with Crippen LogP contribution in [0.1, 0.15) is 31.4 Å². The molecule has 2 aromatic heterocycles. The van der Waals surface area contributed by atoms with E-state index < -0.39 is 0 Å². The Bertz CT molecular complexity index is 1110. The van der Waals surface area contributed by atoms with Crippen LogP contribution < -0.4 is 10.2 Å². The molecule has 2 fully saturated rings. The van der Waals surface area contributed by atoms with Crippen molar-refractivity contribution in [2.24, 2.45) is 11.8 Å². The number of anilines is 2. The van der Waals surface area contributed by atoms with E-state index >= 15 is 0 Å². The van der Waals surface area contributed by atoms with Gasteiger partial charge in [-0.25, -0.2) is 0 Å². The van der Waals surface area contributed by atoms with Gasteiger partial charge in [-0.2, -0.15) is 19.6 Å². The lowest BCUT2D eigenvalue weighted by atomic mass is 9.79. The molecular formula is C23H29Cl2N7O. The number of piperidine rings is 1. The number of aromatic nitrogens is 4. The number of aliphatic hydroxyl groups excluding tert-OH is 1. The lowest BCUT2D eigenvalue weighted by molar-refractivity contribution is 0.113. The van der Waals surface area contributed by atoms with E-state index in [1.165, 1.54) is 19.2 Å². The molecular weight excluding hydrogens is 461 g/mol. The molecule has 0 bridgehead atoms. The van der Waals surface area contributed by atoms with Crippen molar-refractivity contribution in [1.29, 1.82) is 0 Å². The Labute approximate surface area is 203 Å². The van der Waals surface area contributed by atoms with Gasteiger partial charge >= 0.3 is 0 Å². The lowest BCUT2D eigenvalue weighted by Crippen LogP contribution is -2.52. The Balaban J connectivity index is 1.28. The van der Waals surface area contributed by atoms with Gasteiger partial charge in [0.1, 0.15) is 18.0 Å². The van der Waals surface area contributed by atoms with Crippen LogP contribution in [0.2, 0.25) is 10.0 Å². The summed E-state index contributed by atoms with van der Waals surface area (Å²) in [5.74, 6) is 3.76. The highest BCUT2D eigenvalue weighted by molar-refractivity contribution is 6.35. The molecule has 176 valence electrons. The molecule has 10 heteroatoms. The van der Waals surface area contributed by atoms with Gasteiger partial charge in [0.05, 0.1) is 12.6 Å². The van der Waals surface area contributed by atoms with Crippen molar-refractivity contribution < 1.29 is 5.11 Å². The third-order valence-electron chi connectivity index (χ3n) is 6.98. The van der Waals surface area contributed by atoms with Crippen LogP contribution in [0, 0.1) is 11.8 Å². The average molecular weight is 490 g/mol. The van der Waals surface area contributed by atoms with E-state index in [0.29, 0.717) is 21.7 Å². The Kier molecular flexibility index (Phi) is 6.60. The number of fused-ring (bicyclic) bond motifs is 1. The Morgan fingerprint density at radius 3 is 2.67 bits per heavy atom. The average Bonchev–Trinajstić information content (AvgIpc) is 3.23. The van der Waals surface area contributed by atoms with Crippen LogP contribution in [0.3, 0.4) is 0 Å². The van der Waals surface area contributed by atoms with E-state index in [2.05, 4.69) is 32.1 Å². The maximum absolute atomic E-state index is 9.15. The first-order valence-corrected chi connectivity index (χ1v) is 12.3. The van der Waals surface area contributed by atoms with E-state index in [-0.39, 0.29) is 12.6 Å². The monoisotopic (exact) mass is 489 g/mol. The summed E-state index contributed by atoms with van der Waals surface area (Å²) in [5, 5.41) is 18.3. The normalized spacial score (nSPS) is 19.1. The zero-order chi connectivity index (χ0) is 22.9. The standard InChI is InChI=1S/C23H29Cl2N7O/c1-15(19-3-2-18(24)10-20(19)25)28-22-11-21(29-23-26-14-27-32(22)23)31-12-17(13-31)16-4-6-30(7-5-16)8-9-33/h2-3,10-11,14-17,28,33H,4-9,12-13H2,1H3/t15-/m1/s1. The van der Waals surface area contributed by atoms with Crippen molar-refractivity contribution in [2.75, 3.05) is 49.5 Å². The van der Waals surface area contributed by atoms with Gasteiger partial charge < -0.3 is 20.2 Å². The molecule has 1 atom stereocenters. The minimum atomic E-state index is -0.0503. The highest BCUT2D eigenvalue weighted by Gasteiger charge is 2.36. The molecule has 3 aromatic rings. The van der Waals surface area contributed by atoms with Crippen molar-refractivity contribution in [3.63, 3.8) is 0 Å². The molecule has 0 spiro atoms. The van der Waals surface area contributed by atoms with Gasteiger partial charge in [-0.3, -0.25) is 0 Å². The van der Waals surface area contributed by atoms with Crippen molar-refractivity contribution in [1.82, 2.24) is 24.5 Å². The van der Waals surface area contributed by atoms with Gasteiger partial charge in [0.15, 0.2) is 0 Å². The SMILES string of the molecule is C[C@@H](Nc1cc(N2CC(C3CCN(CCO)CC3)C2)nc2ncnn12)c1ccc(Cl)cc1Cl. The predicted octanol–water partition coefficient (Wildman–Crippen LogP) is 3.74. The first-order chi connectivity index (χ1) is 16.0. The molecule has 0 aliphatic carbocycles. The summed E-state index contributed by atoms with van der Waals surface area (Å²) in [6.45, 7) is 7.30. The van der Waals surface area contributed by atoms with Crippen LogP contribution >= 0.6 is 23.2 Å². The molecule has 5 rings (SSSR count). The molecule has 0 saturated carbocycles. The second-order valence-corrected chi connectivity index (χ2v) is 9.91. The fraction of sp³-hybridized carbons (Fsp3) is 0.522. The fourth-order valence-corrected chi connectivity index (χ4v) is 5.58. The number of aliphatic hydroxyl groups is 1. The Morgan fingerprint density at radius 2 is 1.94 bits per heavy atom. The quantitative estimate of drug-likeness (QED) is 0.522. The summed E-state index contributed by atoms with van der Waals surface area (Å²) >= 11 is 12.5. The van der Waals surface area contributed by atoms with Crippen molar-refractivity contribution in [2.45, 2.75) is 25.8 Å². The number of nitrogens with zero attached hydrogens (tertiary/aromatic N) is 6. The van der Waals surface area contributed by atoms with Gasteiger partial charge in [-0.05, 0) is 62.4 Å². The van der Waals surface area contributed by atoms with Crippen LogP contribution in [-0.4, -0.2) is 68.9 Å². The zero-order valence-electron chi connectivity index (χ0n) is 18.7. The van der Waals surface area contributed by atoms with Gasteiger partial charge in [0.2, 0.25) is 0 Å². The third kappa shape index (κ3) is 4.75. The van der Waals surface area contributed by atoms with Crippen molar-refractivity contribution >= 4 is 40.6 Å². The second-order valence-electron chi connectivity index (χ2n) is 9.07. The summed E-state index contributed by atoms with van der Waals surface area (Å²) in [6, 6.07) is 7.54. The molecule has 0 unspecified atom stereocenters. The smallest absolute Gasteiger partial charge is 0.256 e. The van der Waals surface area contributed by atoms with Crippen molar-refractivity contribution in [3.8, 4) is 0 Å². The van der Waals surface area contributed by atoms with Crippen LogP contribution in [0.5, 0.6) is 0 Å². The number of rotatable bonds is 7. The molecule has 2 saturated heterocycles. The molecule has 1 aromatic carbocycles. The van der Waals surface area contributed by atoms with E-state index in [4.69, 9.17) is 33.3 Å². The number of hydrogen-bond donors (Lipinski definition) is 2. The van der Waals surface area contributed by atoms with Crippen LogP contribution in [-0.2, 0) is 0 Å². The topological polar surface area (TPSA) is 81.8 Å². The van der Waals surface area contributed by atoms with E-state index in [1.807, 2.05) is 18.2 Å². The number of benzene rings is 1. The second kappa shape index (κ2) is 9.62. The molecule has 2 aliphatic rings. The van der Waals surface area contributed by atoms with Crippen molar-refractivity contribution in [3.05, 3.63) is 46.2 Å². The molecule has 0 amide bonds. The van der Waals surface area contributed by atoms with Crippen LogP contribution in [0.25, 0.3) is 5.78 Å². The van der Waals surface area contributed by atoms with E-state index in [0.717, 1.165) is 55.8 Å². The Hall–Kier alpha value is -2.13. The summed E-state index contributed by atoms with van der Waals surface area (Å²) in [4.78, 5) is 13.8. The molecule has 4 heterocycles. The van der Waals surface area contributed by atoms with Gasteiger partial charge in [-0.15, -0.1) is 0 Å². The minimum absolute atomic E-state index is 0.0503. The first kappa shape index (κ1) is 22.7. The zero-order valence-corrected chi connectivity index (χ0v) is 20.2. The maximum atomic E-state index is 9.15. The molecule has 33 heavy (non-hydrogen) atoms. The molecule has 8 nitrogen and oxygen atoms in total. The highest BCUT2D eigenvalue weighted by atomic mass is 35.5. The van der Waals surface area contributed by atoms with Gasteiger partial charge in [0, 0.05) is 35.7 Å². The lowest BCUT2D eigenvalue weighted by Gasteiger charge is -2.46. The number of nitrogens with one attached hydrogen (secondary N) is 1.